The molecule has 0 atom stereocenters. The average Bonchev–Trinajstić information content (AvgIpc) is 0.925. The molecular formula is C124H132N5+5. The third kappa shape index (κ3) is 17.6. The fourth-order valence-electron chi connectivity index (χ4n) is 21.7. The summed E-state index contributed by atoms with van der Waals surface area (Å²) in [6.45, 7) is 31.6. The Balaban J connectivity index is 0.000000116. The molecule has 0 N–H and O–H groups in total. The zero-order chi connectivity index (χ0) is 89.4. The Hall–Kier alpha value is -12.8. The molecule has 26 rings (SSSR count). The highest BCUT2D eigenvalue weighted by molar-refractivity contribution is 6.05. The molecule has 0 saturated heterocycles. The first-order chi connectivity index (χ1) is 64.0. The topological polar surface area (TPSA) is 19.4 Å². The van der Waals surface area contributed by atoms with Gasteiger partial charge >= 0.3 is 0 Å². The maximum atomic E-state index is 2.58. The lowest BCUT2D eigenvalue weighted by molar-refractivity contribution is -0.660. The van der Waals surface area contributed by atoms with Crippen LogP contribution in [0.3, 0.4) is 0 Å². The summed E-state index contributed by atoms with van der Waals surface area (Å²) >= 11 is 0. The number of benzene rings is 11. The summed E-state index contributed by atoms with van der Waals surface area (Å²) in [5.41, 5.74) is 47.7. The predicted octanol–water partition coefficient (Wildman–Crippen LogP) is 31.9. The molecule has 0 saturated carbocycles. The van der Waals surface area contributed by atoms with E-state index < -0.39 is 0 Å². The van der Waals surface area contributed by atoms with E-state index in [9.17, 15) is 0 Å². The van der Waals surface area contributed by atoms with Crippen LogP contribution in [0.5, 0.6) is 0 Å². The van der Waals surface area contributed by atoms with Gasteiger partial charge in [0, 0.05) is 132 Å². The molecule has 5 aliphatic heterocycles. The van der Waals surface area contributed by atoms with Crippen molar-refractivity contribution in [1.29, 1.82) is 0 Å². The molecule has 648 valence electrons. The number of rotatable bonds is 6. The molecule has 0 fully saturated rings. The second kappa shape index (κ2) is 42.0. The predicted molar refractivity (Wildman–Crippen MR) is 550 cm³/mol. The average molecular weight is 1690 g/mol. The number of pyridine rings is 5. The molecule has 10 heterocycles. The third-order valence-electron chi connectivity index (χ3n) is 27.1. The van der Waals surface area contributed by atoms with Crippen LogP contribution in [-0.4, -0.2) is 0 Å². The number of nitrogens with zero attached hydrogens (tertiary/aromatic N) is 5. The fraction of sp³-hybridized carbons (Fsp3) is 0.266. The first-order valence-electron chi connectivity index (χ1n) is 49.2. The van der Waals surface area contributed by atoms with Gasteiger partial charge in [0.05, 0.1) is 27.1 Å². The summed E-state index contributed by atoms with van der Waals surface area (Å²) in [5.74, 6) is 0. The van der Waals surface area contributed by atoms with E-state index >= 15 is 0 Å². The van der Waals surface area contributed by atoms with Gasteiger partial charge in [0.2, 0.25) is 56.1 Å². The van der Waals surface area contributed by atoms with Crippen molar-refractivity contribution in [2.24, 2.45) is 0 Å². The largest absolute Gasteiger partial charge is 0.217 e. The number of aryl methyl sites for hydroxylation is 1. The lowest BCUT2D eigenvalue weighted by Gasteiger charge is -2.16. The van der Waals surface area contributed by atoms with Crippen molar-refractivity contribution in [3.63, 3.8) is 0 Å². The van der Waals surface area contributed by atoms with Crippen molar-refractivity contribution in [2.45, 2.75) is 219 Å². The fourth-order valence-corrected chi connectivity index (χ4v) is 21.7. The molecule has 0 spiro atoms. The lowest BCUT2D eigenvalue weighted by Crippen LogP contribution is -2.37. The first kappa shape index (κ1) is 89.6. The van der Waals surface area contributed by atoms with Crippen molar-refractivity contribution in [3.8, 4) is 66.8 Å². The Labute approximate surface area is 769 Å². The minimum absolute atomic E-state index is 1.06. The van der Waals surface area contributed by atoms with E-state index in [4.69, 9.17) is 0 Å². The van der Waals surface area contributed by atoms with Crippen LogP contribution in [0, 0.1) is 6.92 Å². The molecule has 0 bridgehead atoms. The molecule has 16 aromatic rings. The van der Waals surface area contributed by atoms with E-state index in [1.54, 1.807) is 55.7 Å². The molecule has 5 aromatic heterocycles. The molecular weight excluding hydrogens is 1560 g/mol. The highest BCUT2D eigenvalue weighted by Crippen LogP contribution is 2.49. The second-order valence-electron chi connectivity index (χ2n) is 33.8. The minimum Gasteiger partial charge on any atom is -0.188 e. The summed E-state index contributed by atoms with van der Waals surface area (Å²) < 4.78 is 12.7. The van der Waals surface area contributed by atoms with Gasteiger partial charge in [-0.25, -0.2) is 0 Å². The number of hydrogen-bond donors (Lipinski definition) is 0. The third-order valence-corrected chi connectivity index (χ3v) is 27.1. The maximum absolute atomic E-state index is 2.58. The van der Waals surface area contributed by atoms with Crippen LogP contribution >= 0.6 is 0 Å². The summed E-state index contributed by atoms with van der Waals surface area (Å²) in [4.78, 5) is 0. The summed E-state index contributed by atoms with van der Waals surface area (Å²) in [6.07, 6.45) is 19.3. The smallest absolute Gasteiger partial charge is 0.188 e. The Morgan fingerprint density at radius 1 is 0.194 bits per heavy atom. The molecule has 0 radical (unpaired) electrons. The quantitative estimate of drug-likeness (QED) is 0.148. The van der Waals surface area contributed by atoms with Gasteiger partial charge in [0.15, 0.2) is 32.7 Å². The van der Waals surface area contributed by atoms with Crippen LogP contribution in [-0.2, 0) is 32.7 Å². The van der Waals surface area contributed by atoms with Crippen molar-refractivity contribution < 1.29 is 22.8 Å². The highest BCUT2D eigenvalue weighted by atomic mass is 15.0. The highest BCUT2D eigenvalue weighted by Gasteiger charge is 2.41. The van der Waals surface area contributed by atoms with Gasteiger partial charge in [-0.3, -0.25) is 0 Å². The van der Waals surface area contributed by atoms with Gasteiger partial charge in [-0.2, -0.15) is 22.8 Å². The maximum Gasteiger partial charge on any atom is 0.217 e. The summed E-state index contributed by atoms with van der Waals surface area (Å²) in [7, 11) is 0. The van der Waals surface area contributed by atoms with Crippen molar-refractivity contribution in [1.82, 2.24) is 0 Å². The molecule has 5 aliphatic carbocycles. The van der Waals surface area contributed by atoms with Gasteiger partial charge in [-0.1, -0.05) is 313 Å². The number of allylic oxidation sites excluding steroid dienone is 10. The molecule has 0 amide bonds. The van der Waals surface area contributed by atoms with Gasteiger partial charge < -0.3 is 0 Å². The van der Waals surface area contributed by atoms with Gasteiger partial charge in [0.25, 0.3) is 0 Å². The Bertz CT molecular complexity index is 6870. The SMILES string of the molecule is CC.CC.CC.CC.CC.CC.Cc1ccc2c(ccc3[n+]2CC2=C3CCC2)c1.c1ccc(-c2c(-c3ccccc3)c3ccccc3[n+]3c2C2=C(CCC2)C3)cc1.c1ccc(-c2cc3[n+](c4ccccc24)CC2=C3CCC2)cc1.c1ccc(-c2ccc3c(c2)c(-c2ccccc2)cc2[n+]3CC3=C2CCC3)cc1.c1ccc(-c2cccc3c2ccc2[n+]3CC3=C2CCC3)cc1. The van der Waals surface area contributed by atoms with E-state index in [0.717, 1.165) is 32.7 Å². The van der Waals surface area contributed by atoms with Gasteiger partial charge in [-0.15, -0.1) is 0 Å². The summed E-state index contributed by atoms with van der Waals surface area (Å²) in [6, 6.07) is 117. The van der Waals surface area contributed by atoms with Crippen LogP contribution < -0.4 is 22.8 Å². The van der Waals surface area contributed by atoms with Crippen LogP contribution in [0.15, 0.2) is 349 Å². The normalized spacial score (nSPS) is 14.7. The van der Waals surface area contributed by atoms with Crippen LogP contribution in [0.4, 0.5) is 0 Å². The number of para-hydroxylation sites is 2. The van der Waals surface area contributed by atoms with E-state index in [1.807, 2.05) is 83.1 Å². The minimum atomic E-state index is 1.06. The van der Waals surface area contributed by atoms with Gasteiger partial charge in [-0.05, 0) is 190 Å². The van der Waals surface area contributed by atoms with Crippen molar-refractivity contribution in [3.05, 3.63) is 383 Å². The molecule has 11 aromatic carbocycles. The number of fused-ring (bicyclic) bond motifs is 20. The Kier molecular flexibility index (Phi) is 29.1. The summed E-state index contributed by atoms with van der Waals surface area (Å²) in [5, 5.41) is 6.78. The second-order valence-corrected chi connectivity index (χ2v) is 33.8. The van der Waals surface area contributed by atoms with Gasteiger partial charge in [0.1, 0.15) is 0 Å². The van der Waals surface area contributed by atoms with E-state index in [2.05, 4.69) is 351 Å². The van der Waals surface area contributed by atoms with E-state index in [-0.39, 0.29) is 0 Å². The molecule has 0 unspecified atom stereocenters. The lowest BCUT2D eigenvalue weighted by atomic mass is 9.88. The zero-order valence-corrected chi connectivity index (χ0v) is 79.0. The van der Waals surface area contributed by atoms with Crippen molar-refractivity contribution >= 4 is 82.4 Å². The molecule has 5 nitrogen and oxygen atoms in total. The standard InChI is InChI=1S/2C27H22N.2C21H18N.C16H16N.6C2H6/c1-3-10-19(11-4-1)25-23-15-7-8-17-24(23)28-18-21-14-9-16-22(21)27(28)26(25)20-12-5-2-6-13-20;1-3-8-19(9-4-1)21-14-15-26-25(16-21)24(20-10-5-2-6-11-20)17-27-23-13-7-12-22(23)18-28(26)27;1-2-6-15(7-3-1)17-9-5-11-20-19(17)12-13-21-18-10-4-8-16(18)14-22(20)21;1-2-7-15(8-3-1)19-13-21-17-11-6-9-16(17)14-22(21)20-12-5-4-10-18(19)20;1-11-5-7-15-12(9-11)6-8-16-14-4-2-3-13(14)10-17(15)16;6*1-2/h1-8,10-13,15,17H,9,14,16,18H2;1-6,8-11,14-17H,7,12-13,18H2;1-3,5-7,9,11-13H,4,8,10,14H2;1-5,7-8,10,12-13H,6,9,11,14H2;5-9H,2-4,10H2,1H3;6*1-2H3/q5*+1;;;;;;. The number of aromatic nitrogens is 5. The molecule has 10 aliphatic rings. The first-order valence-corrected chi connectivity index (χ1v) is 49.2. The zero-order valence-electron chi connectivity index (χ0n) is 79.0. The Morgan fingerprint density at radius 3 is 1.02 bits per heavy atom. The number of hydrogen-bond acceptors (Lipinski definition) is 0. The molecule has 5 heteroatoms. The van der Waals surface area contributed by atoms with Crippen LogP contribution in [0.1, 0.15) is 213 Å². The van der Waals surface area contributed by atoms with Crippen LogP contribution in [0.2, 0.25) is 0 Å². The van der Waals surface area contributed by atoms with Crippen molar-refractivity contribution in [2.75, 3.05) is 0 Å². The van der Waals surface area contributed by atoms with E-state index in [1.165, 1.54) is 252 Å². The Morgan fingerprint density at radius 2 is 0.527 bits per heavy atom. The van der Waals surface area contributed by atoms with E-state index in [0.29, 0.717) is 0 Å². The molecule has 129 heavy (non-hydrogen) atoms. The monoisotopic (exact) mass is 1690 g/mol. The van der Waals surface area contributed by atoms with Crippen LogP contribution in [0.25, 0.3) is 149 Å².